The molecule has 0 radical (unpaired) electrons. The molecule has 4 rings (SSSR count). The Labute approximate surface area is 144 Å². The van der Waals surface area contributed by atoms with Crippen LogP contribution in [0.15, 0.2) is 24.3 Å². The molecule has 2 fully saturated rings. The molecule has 2 aliphatic heterocycles. The van der Waals surface area contributed by atoms with E-state index in [-0.39, 0.29) is 42.3 Å². The molecule has 3 heterocycles. The van der Waals surface area contributed by atoms with Crippen molar-refractivity contribution in [1.29, 1.82) is 0 Å². The molecule has 2 aromatic rings. The molecule has 132 valence electrons. The Morgan fingerprint density at radius 1 is 1.32 bits per heavy atom. The predicted octanol–water partition coefficient (Wildman–Crippen LogP) is 0.219. The Bertz CT molecular complexity index is 952. The monoisotopic (exact) mass is 362 g/mol. The summed E-state index contributed by atoms with van der Waals surface area (Å²) in [7, 11) is -3.05. The molecule has 0 bridgehead atoms. The molecule has 2 aliphatic rings. The van der Waals surface area contributed by atoms with E-state index in [0.29, 0.717) is 12.2 Å². The minimum Gasteiger partial charge on any atom is -0.352 e. The van der Waals surface area contributed by atoms with Crippen LogP contribution in [-0.2, 0) is 19.4 Å². The number of anilines is 1. The maximum absolute atomic E-state index is 12.4. The van der Waals surface area contributed by atoms with Gasteiger partial charge in [0, 0.05) is 24.4 Å². The Kier molecular flexibility index (Phi) is 3.75. The standard InChI is InChI=1S/C16H18N4O4S/c21-14-7-10(16(22)17-11-5-6-25(23,24)9-11)8-20(14)15-12-3-1-2-4-13(12)18-19-15/h1-4,10-11H,5-9H2,(H,17,22)(H,18,19). The molecule has 9 heteroatoms. The summed E-state index contributed by atoms with van der Waals surface area (Å²) in [6, 6.07) is 7.14. The lowest BCUT2D eigenvalue weighted by atomic mass is 10.1. The van der Waals surface area contributed by atoms with Gasteiger partial charge < -0.3 is 5.32 Å². The van der Waals surface area contributed by atoms with Crippen LogP contribution in [0, 0.1) is 5.92 Å². The highest BCUT2D eigenvalue weighted by Crippen LogP contribution is 2.29. The number of sulfone groups is 1. The van der Waals surface area contributed by atoms with Crippen molar-refractivity contribution in [3.8, 4) is 0 Å². The largest absolute Gasteiger partial charge is 0.352 e. The van der Waals surface area contributed by atoms with E-state index in [1.165, 1.54) is 4.90 Å². The van der Waals surface area contributed by atoms with Crippen molar-refractivity contribution in [2.45, 2.75) is 18.9 Å². The highest BCUT2D eigenvalue weighted by Gasteiger charge is 2.38. The van der Waals surface area contributed by atoms with Crippen LogP contribution in [0.2, 0.25) is 0 Å². The number of carbonyl (C=O) groups excluding carboxylic acids is 2. The lowest BCUT2D eigenvalue weighted by molar-refractivity contribution is -0.126. The minimum absolute atomic E-state index is 0.0207. The zero-order valence-corrected chi connectivity index (χ0v) is 14.3. The number of fused-ring (bicyclic) bond motifs is 1. The molecular weight excluding hydrogens is 344 g/mol. The number of amides is 2. The third kappa shape index (κ3) is 2.99. The van der Waals surface area contributed by atoms with Crippen molar-refractivity contribution in [3.63, 3.8) is 0 Å². The Hall–Kier alpha value is -2.42. The fraction of sp³-hybridized carbons (Fsp3) is 0.438. The van der Waals surface area contributed by atoms with Crippen LogP contribution >= 0.6 is 0 Å². The summed E-state index contributed by atoms with van der Waals surface area (Å²) in [6.45, 7) is 0.249. The van der Waals surface area contributed by atoms with Gasteiger partial charge in [-0.25, -0.2) is 8.42 Å². The summed E-state index contributed by atoms with van der Waals surface area (Å²) in [4.78, 5) is 26.3. The van der Waals surface area contributed by atoms with Gasteiger partial charge in [-0.15, -0.1) is 0 Å². The molecule has 8 nitrogen and oxygen atoms in total. The van der Waals surface area contributed by atoms with Gasteiger partial charge in [-0.1, -0.05) is 12.1 Å². The molecular formula is C16H18N4O4S. The summed E-state index contributed by atoms with van der Waals surface area (Å²) in [5.74, 6) is -0.306. The molecule has 2 unspecified atom stereocenters. The van der Waals surface area contributed by atoms with Crippen LogP contribution in [0.25, 0.3) is 10.9 Å². The van der Waals surface area contributed by atoms with Gasteiger partial charge in [0.25, 0.3) is 0 Å². The number of H-pyrrole nitrogens is 1. The topological polar surface area (TPSA) is 112 Å². The molecule has 0 aliphatic carbocycles. The molecule has 25 heavy (non-hydrogen) atoms. The van der Waals surface area contributed by atoms with Crippen molar-refractivity contribution < 1.29 is 18.0 Å². The summed E-state index contributed by atoms with van der Waals surface area (Å²) >= 11 is 0. The van der Waals surface area contributed by atoms with Gasteiger partial charge in [0.05, 0.1) is 22.9 Å². The van der Waals surface area contributed by atoms with Crippen LogP contribution in [-0.4, -0.2) is 54.5 Å². The Morgan fingerprint density at radius 2 is 2.12 bits per heavy atom. The average molecular weight is 362 g/mol. The lowest BCUT2D eigenvalue weighted by Crippen LogP contribution is -2.40. The molecule has 2 saturated heterocycles. The van der Waals surface area contributed by atoms with Crippen LogP contribution in [0.3, 0.4) is 0 Å². The Morgan fingerprint density at radius 3 is 2.88 bits per heavy atom. The molecule has 2 amide bonds. The summed E-state index contributed by atoms with van der Waals surface area (Å²) in [6.07, 6.45) is 0.537. The normalized spacial score (nSPS) is 25.6. The van der Waals surface area contributed by atoms with Crippen molar-refractivity contribution in [2.24, 2.45) is 5.92 Å². The molecule has 2 N–H and O–H groups in total. The first-order valence-electron chi connectivity index (χ1n) is 8.17. The van der Waals surface area contributed by atoms with E-state index in [9.17, 15) is 18.0 Å². The minimum atomic E-state index is -3.05. The fourth-order valence-electron chi connectivity index (χ4n) is 3.47. The molecule has 1 aromatic carbocycles. The molecule has 1 aromatic heterocycles. The quantitative estimate of drug-likeness (QED) is 0.811. The number of aromatic nitrogens is 2. The first-order chi connectivity index (χ1) is 11.9. The predicted molar refractivity (Wildman–Crippen MR) is 91.8 cm³/mol. The van der Waals surface area contributed by atoms with Crippen LogP contribution < -0.4 is 10.2 Å². The van der Waals surface area contributed by atoms with E-state index in [1.807, 2.05) is 24.3 Å². The second-order valence-corrected chi connectivity index (χ2v) is 8.84. The number of nitrogens with zero attached hydrogens (tertiary/aromatic N) is 2. The summed E-state index contributed by atoms with van der Waals surface area (Å²) in [5, 5.41) is 10.7. The third-order valence-electron chi connectivity index (χ3n) is 4.78. The van der Waals surface area contributed by atoms with Crippen molar-refractivity contribution in [3.05, 3.63) is 24.3 Å². The van der Waals surface area contributed by atoms with Gasteiger partial charge in [0.2, 0.25) is 11.8 Å². The number of nitrogens with one attached hydrogen (secondary N) is 2. The van der Waals surface area contributed by atoms with Gasteiger partial charge in [-0.05, 0) is 18.6 Å². The summed E-state index contributed by atoms with van der Waals surface area (Å²) < 4.78 is 23.0. The lowest BCUT2D eigenvalue weighted by Gasteiger charge is -2.16. The zero-order valence-electron chi connectivity index (χ0n) is 13.4. The number of hydrogen-bond acceptors (Lipinski definition) is 5. The van der Waals surface area contributed by atoms with E-state index >= 15 is 0 Å². The van der Waals surface area contributed by atoms with E-state index in [2.05, 4.69) is 15.5 Å². The third-order valence-corrected chi connectivity index (χ3v) is 6.55. The second-order valence-electron chi connectivity index (χ2n) is 6.61. The highest BCUT2D eigenvalue weighted by molar-refractivity contribution is 7.91. The van der Waals surface area contributed by atoms with Crippen molar-refractivity contribution >= 4 is 38.4 Å². The van der Waals surface area contributed by atoms with Crippen LogP contribution in [0.1, 0.15) is 12.8 Å². The Balaban J connectivity index is 1.48. The smallest absolute Gasteiger partial charge is 0.229 e. The van der Waals surface area contributed by atoms with Crippen LogP contribution in [0.4, 0.5) is 5.82 Å². The SMILES string of the molecule is O=C(NC1CCS(=O)(=O)C1)C1CC(=O)N(c2n[nH]c3ccccc23)C1. The zero-order chi connectivity index (χ0) is 17.6. The highest BCUT2D eigenvalue weighted by atomic mass is 32.2. The number of para-hydroxylation sites is 1. The number of benzene rings is 1. The van der Waals surface area contributed by atoms with Crippen molar-refractivity contribution in [2.75, 3.05) is 23.0 Å². The number of carbonyl (C=O) groups is 2. The van der Waals surface area contributed by atoms with Gasteiger partial charge >= 0.3 is 0 Å². The summed E-state index contributed by atoms with van der Waals surface area (Å²) in [5.41, 5.74) is 0.828. The molecule has 0 spiro atoms. The second kappa shape index (κ2) is 5.83. The van der Waals surface area contributed by atoms with Gasteiger partial charge in [0.15, 0.2) is 15.7 Å². The number of aromatic amines is 1. The van der Waals surface area contributed by atoms with Gasteiger partial charge in [-0.3, -0.25) is 19.6 Å². The first-order valence-corrected chi connectivity index (χ1v) is 9.99. The van der Waals surface area contributed by atoms with Crippen molar-refractivity contribution in [1.82, 2.24) is 15.5 Å². The molecule has 2 atom stereocenters. The van der Waals surface area contributed by atoms with E-state index < -0.39 is 15.8 Å². The van der Waals surface area contributed by atoms with Gasteiger partial charge in [0.1, 0.15) is 0 Å². The maximum atomic E-state index is 12.4. The van der Waals surface area contributed by atoms with E-state index in [1.54, 1.807) is 0 Å². The van der Waals surface area contributed by atoms with E-state index in [4.69, 9.17) is 0 Å². The molecule has 0 saturated carbocycles. The average Bonchev–Trinajstić information content (AvgIpc) is 3.24. The van der Waals surface area contributed by atoms with Gasteiger partial charge in [-0.2, -0.15) is 5.10 Å². The fourth-order valence-corrected chi connectivity index (χ4v) is 5.14. The number of rotatable bonds is 3. The van der Waals surface area contributed by atoms with Crippen LogP contribution in [0.5, 0.6) is 0 Å². The van der Waals surface area contributed by atoms with E-state index in [0.717, 1.165) is 10.9 Å². The maximum Gasteiger partial charge on any atom is 0.229 e. The first kappa shape index (κ1) is 16.1. The number of hydrogen-bond donors (Lipinski definition) is 2.